The summed E-state index contributed by atoms with van der Waals surface area (Å²) in [6.45, 7) is -0.533. The van der Waals surface area contributed by atoms with Crippen LogP contribution in [-0.2, 0) is 20.7 Å². The topological polar surface area (TPSA) is 90.9 Å². The van der Waals surface area contributed by atoms with Crippen LogP contribution in [0.15, 0.2) is 35.7 Å². The lowest BCUT2D eigenvalue weighted by Gasteiger charge is -2.10. The number of nitrogens with one attached hydrogen (secondary N) is 1. The molecule has 0 atom stereocenters. The van der Waals surface area contributed by atoms with Crippen LogP contribution in [0.25, 0.3) is 0 Å². The average molecular weight is 363 g/mol. The molecular formula is C17H17NO6S. The lowest BCUT2D eigenvalue weighted by molar-refractivity contribution is -0.147. The normalized spacial score (nSPS) is 10.0. The molecule has 1 aromatic carbocycles. The zero-order chi connectivity index (χ0) is 18.2. The Hall–Kier alpha value is -2.87. The zero-order valence-corrected chi connectivity index (χ0v) is 14.6. The number of methoxy groups -OCH3 is 2. The highest BCUT2D eigenvalue weighted by Crippen LogP contribution is 2.25. The van der Waals surface area contributed by atoms with Crippen molar-refractivity contribution in [1.29, 1.82) is 0 Å². The van der Waals surface area contributed by atoms with Crippen molar-refractivity contribution >= 4 is 29.1 Å². The van der Waals surface area contributed by atoms with Crippen molar-refractivity contribution < 1.29 is 28.6 Å². The second-order valence-corrected chi connectivity index (χ2v) is 5.82. The number of ether oxygens (including phenoxy) is 3. The first kappa shape index (κ1) is 18.5. The molecule has 1 aromatic heterocycles. The van der Waals surface area contributed by atoms with Crippen LogP contribution >= 0.6 is 11.3 Å². The summed E-state index contributed by atoms with van der Waals surface area (Å²) in [5.74, 6) is -0.738. The van der Waals surface area contributed by atoms with Gasteiger partial charge in [-0.1, -0.05) is 12.1 Å². The number of hydrogen-bond donors (Lipinski definition) is 1. The van der Waals surface area contributed by atoms with E-state index in [4.69, 9.17) is 14.2 Å². The third-order valence-electron chi connectivity index (χ3n) is 3.19. The van der Waals surface area contributed by atoms with E-state index in [2.05, 4.69) is 5.32 Å². The van der Waals surface area contributed by atoms with Crippen LogP contribution in [0.5, 0.6) is 11.5 Å². The van der Waals surface area contributed by atoms with Crippen LogP contribution in [0.3, 0.4) is 0 Å². The van der Waals surface area contributed by atoms with Gasteiger partial charge in [0.15, 0.2) is 6.61 Å². The third kappa shape index (κ3) is 5.32. The Kier molecular flexibility index (Phi) is 6.53. The van der Waals surface area contributed by atoms with Gasteiger partial charge in [0.1, 0.15) is 11.5 Å². The molecule has 0 aliphatic carbocycles. The molecule has 1 N–H and O–H groups in total. The number of rotatable bonds is 7. The molecule has 132 valence electrons. The average Bonchev–Trinajstić information content (AvgIpc) is 3.15. The molecule has 2 aromatic rings. The van der Waals surface area contributed by atoms with Gasteiger partial charge in [-0.3, -0.25) is 19.7 Å². The summed E-state index contributed by atoms with van der Waals surface area (Å²) >= 11 is 1.21. The van der Waals surface area contributed by atoms with Gasteiger partial charge in [0.05, 0.1) is 25.5 Å². The lowest BCUT2D eigenvalue weighted by Crippen LogP contribution is -2.33. The molecule has 2 rings (SSSR count). The van der Waals surface area contributed by atoms with E-state index in [9.17, 15) is 14.4 Å². The molecule has 0 saturated heterocycles. The van der Waals surface area contributed by atoms with Crippen LogP contribution in [-0.4, -0.2) is 38.6 Å². The summed E-state index contributed by atoms with van der Waals surface area (Å²) in [6.07, 6.45) is -0.0701. The highest BCUT2D eigenvalue weighted by atomic mass is 32.1. The van der Waals surface area contributed by atoms with Crippen LogP contribution in [0.1, 0.15) is 15.2 Å². The fourth-order valence-electron chi connectivity index (χ4n) is 1.98. The monoisotopic (exact) mass is 363 g/mol. The fraction of sp³-hybridized carbons (Fsp3) is 0.235. The standard InChI is InChI=1S/C17H17NO6S/c1-22-12-6-5-11(13(9-12)23-2)8-16(20)24-10-15(19)18-17(21)14-4-3-7-25-14/h3-7,9H,8,10H2,1-2H3,(H,18,19,21). The number of carbonyl (C=O) groups excluding carboxylic acids is 3. The second-order valence-electron chi connectivity index (χ2n) is 4.87. The summed E-state index contributed by atoms with van der Waals surface area (Å²) in [4.78, 5) is 35.7. The van der Waals surface area contributed by atoms with Crippen LogP contribution in [0.2, 0.25) is 0 Å². The van der Waals surface area contributed by atoms with Crippen molar-refractivity contribution in [2.45, 2.75) is 6.42 Å². The Morgan fingerprint density at radius 1 is 1.12 bits per heavy atom. The quantitative estimate of drug-likeness (QED) is 0.755. The molecule has 7 nitrogen and oxygen atoms in total. The van der Waals surface area contributed by atoms with E-state index in [1.807, 2.05) is 0 Å². The number of imide groups is 1. The van der Waals surface area contributed by atoms with Crippen molar-refractivity contribution in [2.75, 3.05) is 20.8 Å². The van der Waals surface area contributed by atoms with E-state index >= 15 is 0 Å². The van der Waals surface area contributed by atoms with Crippen molar-refractivity contribution in [3.8, 4) is 11.5 Å². The number of thiophene rings is 1. The largest absolute Gasteiger partial charge is 0.497 e. The number of esters is 1. The molecule has 25 heavy (non-hydrogen) atoms. The smallest absolute Gasteiger partial charge is 0.310 e. The van der Waals surface area contributed by atoms with Gasteiger partial charge in [0.25, 0.3) is 11.8 Å². The van der Waals surface area contributed by atoms with Gasteiger partial charge in [-0.15, -0.1) is 11.3 Å². The molecule has 0 bridgehead atoms. The molecule has 8 heteroatoms. The minimum atomic E-state index is -0.687. The second kappa shape index (κ2) is 8.84. The molecule has 0 fully saturated rings. The van der Waals surface area contributed by atoms with E-state index in [0.717, 1.165) is 0 Å². The summed E-state index contributed by atoms with van der Waals surface area (Å²) < 4.78 is 15.2. The minimum absolute atomic E-state index is 0.0701. The first-order valence-corrected chi connectivity index (χ1v) is 8.15. The Morgan fingerprint density at radius 2 is 1.92 bits per heavy atom. The predicted octanol–water partition coefficient (Wildman–Crippen LogP) is 1.81. The molecule has 2 amide bonds. The maximum absolute atomic E-state index is 11.9. The highest BCUT2D eigenvalue weighted by Gasteiger charge is 2.15. The maximum Gasteiger partial charge on any atom is 0.310 e. The summed E-state index contributed by atoms with van der Waals surface area (Å²) in [5.41, 5.74) is 0.600. The molecule has 0 aliphatic heterocycles. The van der Waals surface area contributed by atoms with Crippen LogP contribution in [0, 0.1) is 0 Å². The van der Waals surface area contributed by atoms with E-state index in [-0.39, 0.29) is 6.42 Å². The molecular weight excluding hydrogens is 346 g/mol. The van der Waals surface area contributed by atoms with Crippen molar-refractivity contribution in [3.63, 3.8) is 0 Å². The van der Waals surface area contributed by atoms with Gasteiger partial charge in [-0.2, -0.15) is 0 Å². The van der Waals surface area contributed by atoms with E-state index in [1.165, 1.54) is 25.6 Å². The Bertz CT molecular complexity index is 757. The lowest BCUT2D eigenvalue weighted by atomic mass is 10.1. The molecule has 0 spiro atoms. The zero-order valence-electron chi connectivity index (χ0n) is 13.7. The molecule has 0 saturated carbocycles. The molecule has 0 radical (unpaired) electrons. The Balaban J connectivity index is 1.84. The molecule has 0 unspecified atom stereocenters. The summed E-state index contributed by atoms with van der Waals surface area (Å²) in [7, 11) is 3.01. The summed E-state index contributed by atoms with van der Waals surface area (Å²) in [6, 6.07) is 8.31. The van der Waals surface area contributed by atoms with Gasteiger partial charge in [0.2, 0.25) is 0 Å². The summed E-state index contributed by atoms with van der Waals surface area (Å²) in [5, 5.41) is 3.88. The maximum atomic E-state index is 11.9. The van der Waals surface area contributed by atoms with Gasteiger partial charge < -0.3 is 14.2 Å². The first-order chi connectivity index (χ1) is 12.0. The Morgan fingerprint density at radius 3 is 2.56 bits per heavy atom. The Labute approximate surface area is 148 Å². The number of benzene rings is 1. The predicted molar refractivity (Wildman–Crippen MR) is 91.0 cm³/mol. The SMILES string of the molecule is COc1ccc(CC(=O)OCC(=O)NC(=O)c2cccs2)c(OC)c1. The van der Waals surface area contributed by atoms with Gasteiger partial charge in [0, 0.05) is 11.6 Å². The van der Waals surface area contributed by atoms with E-state index in [0.29, 0.717) is 21.9 Å². The van der Waals surface area contributed by atoms with E-state index < -0.39 is 24.4 Å². The van der Waals surface area contributed by atoms with Crippen LogP contribution < -0.4 is 14.8 Å². The van der Waals surface area contributed by atoms with Gasteiger partial charge >= 0.3 is 5.97 Å². The fourth-order valence-corrected chi connectivity index (χ4v) is 2.60. The van der Waals surface area contributed by atoms with Gasteiger partial charge in [-0.25, -0.2) is 0 Å². The van der Waals surface area contributed by atoms with Gasteiger partial charge in [-0.05, 0) is 17.5 Å². The highest BCUT2D eigenvalue weighted by molar-refractivity contribution is 7.12. The number of carbonyl (C=O) groups is 3. The minimum Gasteiger partial charge on any atom is -0.497 e. The van der Waals surface area contributed by atoms with Crippen molar-refractivity contribution in [2.24, 2.45) is 0 Å². The van der Waals surface area contributed by atoms with Crippen LogP contribution in [0.4, 0.5) is 0 Å². The number of hydrogen-bond acceptors (Lipinski definition) is 7. The van der Waals surface area contributed by atoms with Crippen molar-refractivity contribution in [3.05, 3.63) is 46.2 Å². The molecule has 0 aliphatic rings. The first-order valence-electron chi connectivity index (χ1n) is 7.27. The van der Waals surface area contributed by atoms with E-state index in [1.54, 1.807) is 35.7 Å². The van der Waals surface area contributed by atoms with Crippen molar-refractivity contribution in [1.82, 2.24) is 5.32 Å². The molecule has 1 heterocycles. The number of amides is 2. The third-order valence-corrected chi connectivity index (χ3v) is 4.06.